The number of carboxylic acids is 1. The third kappa shape index (κ3) is 13.8. The van der Waals surface area contributed by atoms with E-state index in [1.54, 1.807) is 36.4 Å². The van der Waals surface area contributed by atoms with Crippen LogP contribution in [0.5, 0.6) is 23.3 Å². The molecule has 0 aliphatic heterocycles. The van der Waals surface area contributed by atoms with Crippen LogP contribution in [0.15, 0.2) is 122 Å². The number of ether oxygens (including phenoxy) is 2. The maximum Gasteiger partial charge on any atom is 0.341 e. The number of aromatic carboxylic acids is 1. The van der Waals surface area contributed by atoms with Crippen LogP contribution >= 0.6 is 40.2 Å². The maximum absolute atomic E-state index is 13.0. The van der Waals surface area contributed by atoms with Crippen LogP contribution in [0.1, 0.15) is 43.0 Å². The Morgan fingerprint density at radius 3 is 1.52 bits per heavy atom. The van der Waals surface area contributed by atoms with Gasteiger partial charge >= 0.3 is 5.97 Å². The van der Waals surface area contributed by atoms with Crippen LogP contribution in [0.2, 0.25) is 10.0 Å². The molecule has 284 valence electrons. The van der Waals surface area contributed by atoms with Crippen LogP contribution in [-0.2, 0) is 13.1 Å². The standard InChI is InChI=1S/C20H13ClFN3O2.C12H7ClFNO3.C8H8N2.BrH/c21-15-9-18(19(26)24-11-14-3-1-13(10-23)2-4-14)20(25-12-15)27-17-7-5-16(22)6-8-17;13-7-5-10(12(16)17)11(15-6-7)18-9-3-1-8(14)2-4-9;9-5-7-1-2-8(6-10)4-3-7;/h1-9,12H,11H2,(H,24,26);1-6H,(H,16,17);1-4H,5,9H2;1H. The number of amides is 1. The van der Waals surface area contributed by atoms with Crippen molar-refractivity contribution < 1.29 is 33.0 Å². The van der Waals surface area contributed by atoms with Gasteiger partial charge in [0.15, 0.2) is 0 Å². The largest absolute Gasteiger partial charge is 0.477 e. The minimum absolute atomic E-state index is 0. The number of benzene rings is 4. The minimum Gasteiger partial charge on any atom is -0.477 e. The first-order valence-electron chi connectivity index (χ1n) is 15.9. The number of halogens is 5. The molecule has 6 aromatic rings. The second-order valence-corrected chi connectivity index (χ2v) is 11.8. The molecule has 0 aliphatic rings. The fourth-order valence-electron chi connectivity index (χ4n) is 4.25. The Morgan fingerprint density at radius 1 is 0.696 bits per heavy atom. The average Bonchev–Trinajstić information content (AvgIpc) is 3.20. The summed E-state index contributed by atoms with van der Waals surface area (Å²) in [6, 6.07) is 31.4. The molecule has 6 rings (SSSR count). The average molecular weight is 863 g/mol. The Balaban J connectivity index is 0.000000249. The number of nitriles is 2. The lowest BCUT2D eigenvalue weighted by atomic mass is 10.1. The van der Waals surface area contributed by atoms with E-state index in [9.17, 15) is 18.4 Å². The van der Waals surface area contributed by atoms with E-state index in [0.29, 0.717) is 23.4 Å². The maximum atomic E-state index is 13.0. The van der Waals surface area contributed by atoms with Crippen molar-refractivity contribution in [1.82, 2.24) is 15.3 Å². The van der Waals surface area contributed by atoms with Gasteiger partial charge in [0.2, 0.25) is 11.8 Å². The number of hydrogen-bond donors (Lipinski definition) is 3. The van der Waals surface area contributed by atoms with Crippen molar-refractivity contribution in [3.05, 3.63) is 177 Å². The molecule has 0 spiro atoms. The molecule has 2 heterocycles. The Morgan fingerprint density at radius 2 is 1.11 bits per heavy atom. The quantitative estimate of drug-likeness (QED) is 0.127. The van der Waals surface area contributed by atoms with Gasteiger partial charge in [-0.3, -0.25) is 4.79 Å². The van der Waals surface area contributed by atoms with Crippen molar-refractivity contribution in [3.63, 3.8) is 0 Å². The van der Waals surface area contributed by atoms with Gasteiger partial charge in [-0.2, -0.15) is 10.5 Å². The summed E-state index contributed by atoms with van der Waals surface area (Å²) in [4.78, 5) is 31.4. The number of nitrogens with two attached hydrogens (primary N) is 1. The Labute approximate surface area is 340 Å². The number of aromatic nitrogens is 2. The molecule has 0 saturated heterocycles. The zero-order valence-electron chi connectivity index (χ0n) is 28.8. The molecule has 0 fully saturated rings. The van der Waals surface area contributed by atoms with Gasteiger partial charge in [0, 0.05) is 25.5 Å². The van der Waals surface area contributed by atoms with Gasteiger partial charge < -0.3 is 25.6 Å². The molecular formula is C40H29BrCl2F2N6O5. The van der Waals surface area contributed by atoms with Crippen LogP contribution in [0, 0.1) is 34.3 Å². The van der Waals surface area contributed by atoms with E-state index in [4.69, 9.17) is 54.0 Å². The predicted molar refractivity (Wildman–Crippen MR) is 210 cm³/mol. The number of carboxylic acid groups (broad SMARTS) is 1. The van der Waals surface area contributed by atoms with Crippen molar-refractivity contribution in [2.75, 3.05) is 0 Å². The van der Waals surface area contributed by atoms with Crippen LogP contribution in [-0.4, -0.2) is 27.0 Å². The van der Waals surface area contributed by atoms with Gasteiger partial charge in [0.05, 0.1) is 33.3 Å². The first-order chi connectivity index (χ1) is 26.5. The summed E-state index contributed by atoms with van der Waals surface area (Å²) < 4.78 is 36.6. The lowest BCUT2D eigenvalue weighted by molar-refractivity contribution is 0.0693. The first kappa shape index (κ1) is 44.0. The van der Waals surface area contributed by atoms with Gasteiger partial charge in [0.25, 0.3) is 5.91 Å². The number of nitrogens with one attached hydrogen (secondary N) is 1. The predicted octanol–water partition coefficient (Wildman–Crippen LogP) is 9.43. The summed E-state index contributed by atoms with van der Waals surface area (Å²) in [5.41, 5.74) is 8.46. The molecule has 0 radical (unpaired) electrons. The SMILES string of the molecule is Br.N#Cc1ccc(CN)cc1.N#Cc1ccc(CNC(=O)c2cc(Cl)cnc2Oc2ccc(F)cc2)cc1.O=C(O)c1cc(Cl)cnc1Oc1ccc(F)cc1. The molecular weight excluding hydrogens is 833 g/mol. The lowest BCUT2D eigenvalue weighted by Gasteiger charge is -2.11. The van der Waals surface area contributed by atoms with E-state index in [0.717, 1.165) is 11.1 Å². The molecule has 0 unspecified atom stereocenters. The van der Waals surface area contributed by atoms with Gasteiger partial charge in [-0.15, -0.1) is 17.0 Å². The zero-order chi connectivity index (χ0) is 39.7. The van der Waals surface area contributed by atoms with E-state index in [1.807, 2.05) is 24.3 Å². The van der Waals surface area contributed by atoms with E-state index < -0.39 is 23.5 Å². The highest BCUT2D eigenvalue weighted by molar-refractivity contribution is 8.93. The molecule has 0 atom stereocenters. The Hall–Kier alpha value is -6.42. The molecule has 0 aliphatic carbocycles. The summed E-state index contributed by atoms with van der Waals surface area (Å²) in [6.07, 6.45) is 2.63. The normalized spacial score (nSPS) is 9.70. The molecule has 4 N–H and O–H groups in total. The molecule has 0 bridgehead atoms. The van der Waals surface area contributed by atoms with Crippen molar-refractivity contribution in [2.45, 2.75) is 13.1 Å². The Kier molecular flexibility index (Phi) is 17.3. The van der Waals surface area contributed by atoms with E-state index in [1.165, 1.54) is 73.1 Å². The van der Waals surface area contributed by atoms with Crippen LogP contribution < -0.4 is 20.5 Å². The van der Waals surface area contributed by atoms with Gasteiger partial charge in [-0.25, -0.2) is 23.5 Å². The third-order valence-electron chi connectivity index (χ3n) is 7.02. The molecule has 2 aromatic heterocycles. The van der Waals surface area contributed by atoms with E-state index >= 15 is 0 Å². The highest BCUT2D eigenvalue weighted by Gasteiger charge is 2.17. The van der Waals surface area contributed by atoms with Crippen molar-refractivity contribution in [1.29, 1.82) is 10.5 Å². The molecule has 1 amide bonds. The van der Waals surface area contributed by atoms with Gasteiger partial charge in [-0.05, 0) is 96.1 Å². The molecule has 0 saturated carbocycles. The van der Waals surface area contributed by atoms with Gasteiger partial charge in [-0.1, -0.05) is 47.5 Å². The third-order valence-corrected chi connectivity index (χ3v) is 7.44. The summed E-state index contributed by atoms with van der Waals surface area (Å²) in [6.45, 7) is 0.790. The summed E-state index contributed by atoms with van der Waals surface area (Å²) in [7, 11) is 0. The lowest BCUT2D eigenvalue weighted by Crippen LogP contribution is -2.23. The molecule has 11 nitrogen and oxygen atoms in total. The summed E-state index contributed by atoms with van der Waals surface area (Å²) in [5.74, 6) is -1.85. The van der Waals surface area contributed by atoms with Crippen LogP contribution in [0.25, 0.3) is 0 Å². The van der Waals surface area contributed by atoms with Crippen molar-refractivity contribution in [2.24, 2.45) is 5.73 Å². The van der Waals surface area contributed by atoms with Crippen LogP contribution in [0.3, 0.4) is 0 Å². The summed E-state index contributed by atoms with van der Waals surface area (Å²) >= 11 is 11.6. The Bertz CT molecular complexity index is 2320. The zero-order valence-corrected chi connectivity index (χ0v) is 32.1. The fourth-order valence-corrected chi connectivity index (χ4v) is 4.57. The highest BCUT2D eigenvalue weighted by atomic mass is 79.9. The topological polar surface area (TPSA) is 184 Å². The number of hydrogen-bond acceptors (Lipinski definition) is 9. The number of rotatable bonds is 9. The van der Waals surface area contributed by atoms with Crippen molar-refractivity contribution >= 4 is 52.1 Å². The van der Waals surface area contributed by atoms with E-state index in [-0.39, 0.29) is 62.2 Å². The fraction of sp³-hybridized carbons (Fsp3) is 0.0500. The van der Waals surface area contributed by atoms with Gasteiger partial charge in [0.1, 0.15) is 34.3 Å². The molecule has 16 heteroatoms. The number of pyridine rings is 2. The monoisotopic (exact) mass is 860 g/mol. The van der Waals surface area contributed by atoms with Crippen LogP contribution in [0.4, 0.5) is 8.78 Å². The molecule has 4 aromatic carbocycles. The second-order valence-electron chi connectivity index (χ2n) is 10.9. The van der Waals surface area contributed by atoms with E-state index in [2.05, 4.69) is 15.3 Å². The second kappa shape index (κ2) is 22.1. The number of carbonyl (C=O) groups excluding carboxylic acids is 1. The molecule has 56 heavy (non-hydrogen) atoms. The smallest absolute Gasteiger partial charge is 0.341 e. The minimum atomic E-state index is -1.21. The van der Waals surface area contributed by atoms with Crippen molar-refractivity contribution in [3.8, 4) is 35.4 Å². The number of carbonyl (C=O) groups is 2. The summed E-state index contributed by atoms with van der Waals surface area (Å²) in [5, 5.41) is 29.4. The highest BCUT2D eigenvalue weighted by Crippen LogP contribution is 2.27. The first-order valence-corrected chi connectivity index (χ1v) is 16.6. The number of nitrogens with zero attached hydrogens (tertiary/aromatic N) is 4.